The lowest BCUT2D eigenvalue weighted by molar-refractivity contribution is -0.119. The number of carbonyl (C=O) groups is 3. The highest BCUT2D eigenvalue weighted by Crippen LogP contribution is 2.18. The van der Waals surface area contributed by atoms with Gasteiger partial charge in [0.25, 0.3) is 11.8 Å². The number of anilines is 1. The van der Waals surface area contributed by atoms with Crippen molar-refractivity contribution in [3.8, 4) is 0 Å². The van der Waals surface area contributed by atoms with Crippen LogP contribution in [-0.2, 0) is 9.53 Å². The third-order valence-corrected chi connectivity index (χ3v) is 4.69. The van der Waals surface area contributed by atoms with E-state index in [0.717, 1.165) is 5.56 Å². The van der Waals surface area contributed by atoms with Crippen molar-refractivity contribution < 1.29 is 23.5 Å². The van der Waals surface area contributed by atoms with Crippen molar-refractivity contribution in [3.05, 3.63) is 88.9 Å². The summed E-state index contributed by atoms with van der Waals surface area (Å²) in [5, 5.41) is 5.55. The molecule has 1 heterocycles. The molecule has 7 heteroatoms. The maximum atomic E-state index is 12.8. The van der Waals surface area contributed by atoms with Gasteiger partial charge in [-0.15, -0.1) is 0 Å². The van der Waals surface area contributed by atoms with Gasteiger partial charge in [-0.2, -0.15) is 0 Å². The molecule has 0 fully saturated rings. The molecule has 31 heavy (non-hydrogen) atoms. The second kappa shape index (κ2) is 9.75. The van der Waals surface area contributed by atoms with E-state index >= 15 is 0 Å². The molecule has 2 amide bonds. The number of amides is 2. The van der Waals surface area contributed by atoms with Crippen LogP contribution >= 0.6 is 0 Å². The molecular formula is C24H24N2O5. The molecule has 2 N–H and O–H groups in total. The van der Waals surface area contributed by atoms with E-state index < -0.39 is 18.5 Å². The van der Waals surface area contributed by atoms with Crippen molar-refractivity contribution >= 4 is 23.5 Å². The summed E-state index contributed by atoms with van der Waals surface area (Å²) in [5.74, 6) is -0.514. The molecule has 0 spiro atoms. The highest BCUT2D eigenvalue weighted by atomic mass is 16.5. The first-order valence-corrected chi connectivity index (χ1v) is 9.84. The van der Waals surface area contributed by atoms with Gasteiger partial charge in [0.05, 0.1) is 17.3 Å². The Morgan fingerprint density at radius 3 is 2.32 bits per heavy atom. The van der Waals surface area contributed by atoms with Crippen LogP contribution in [0.4, 0.5) is 5.69 Å². The van der Waals surface area contributed by atoms with Crippen LogP contribution in [-0.4, -0.2) is 24.4 Å². The summed E-state index contributed by atoms with van der Waals surface area (Å²) in [7, 11) is 0. The molecule has 1 atom stereocenters. The maximum absolute atomic E-state index is 12.8. The molecule has 160 valence electrons. The molecule has 0 radical (unpaired) electrons. The number of hydrogen-bond donors (Lipinski definition) is 2. The van der Waals surface area contributed by atoms with Gasteiger partial charge >= 0.3 is 5.97 Å². The Morgan fingerprint density at radius 2 is 1.65 bits per heavy atom. The zero-order valence-electron chi connectivity index (χ0n) is 17.6. The van der Waals surface area contributed by atoms with Gasteiger partial charge in [0.15, 0.2) is 6.61 Å². The lowest BCUT2D eigenvalue weighted by Crippen LogP contribution is -2.28. The van der Waals surface area contributed by atoms with Gasteiger partial charge in [-0.25, -0.2) is 4.79 Å². The Balaban J connectivity index is 1.62. The molecule has 3 rings (SSSR count). The first kappa shape index (κ1) is 21.8. The number of furan rings is 1. The fraction of sp³-hybridized carbons (Fsp3) is 0.208. The first-order chi connectivity index (χ1) is 14.8. The number of para-hydroxylation sites is 1. The van der Waals surface area contributed by atoms with E-state index in [2.05, 4.69) is 10.6 Å². The number of esters is 1. The number of hydrogen-bond acceptors (Lipinski definition) is 5. The minimum absolute atomic E-state index is 0.208. The summed E-state index contributed by atoms with van der Waals surface area (Å²) in [6, 6.07) is 17.6. The second-order valence-corrected chi connectivity index (χ2v) is 7.10. The van der Waals surface area contributed by atoms with Gasteiger partial charge in [-0.05, 0) is 44.5 Å². The molecule has 0 saturated carbocycles. The Labute approximate surface area is 180 Å². The zero-order valence-corrected chi connectivity index (χ0v) is 17.6. The van der Waals surface area contributed by atoms with Crippen molar-refractivity contribution in [2.75, 3.05) is 11.9 Å². The van der Waals surface area contributed by atoms with Gasteiger partial charge in [0, 0.05) is 0 Å². The minimum atomic E-state index is -0.646. The van der Waals surface area contributed by atoms with E-state index in [1.807, 2.05) is 37.3 Å². The van der Waals surface area contributed by atoms with Gasteiger partial charge in [0.2, 0.25) is 0 Å². The highest BCUT2D eigenvalue weighted by molar-refractivity contribution is 6.04. The molecule has 0 bridgehead atoms. The smallest absolute Gasteiger partial charge is 0.342 e. The first-order valence-electron chi connectivity index (χ1n) is 9.84. The Morgan fingerprint density at radius 1 is 0.968 bits per heavy atom. The van der Waals surface area contributed by atoms with E-state index in [-0.39, 0.29) is 17.5 Å². The number of benzene rings is 2. The lowest BCUT2D eigenvalue weighted by atomic mass is 10.1. The lowest BCUT2D eigenvalue weighted by Gasteiger charge is -2.16. The van der Waals surface area contributed by atoms with E-state index in [4.69, 9.17) is 9.15 Å². The molecule has 0 aliphatic heterocycles. The fourth-order valence-electron chi connectivity index (χ4n) is 3.12. The summed E-state index contributed by atoms with van der Waals surface area (Å²) in [6.07, 6.45) is 0. The third kappa shape index (κ3) is 5.60. The van der Waals surface area contributed by atoms with Crippen molar-refractivity contribution in [2.24, 2.45) is 0 Å². The monoisotopic (exact) mass is 420 g/mol. The zero-order chi connectivity index (χ0) is 22.4. The van der Waals surface area contributed by atoms with Crippen LogP contribution in [0.5, 0.6) is 0 Å². The van der Waals surface area contributed by atoms with Crippen molar-refractivity contribution in [3.63, 3.8) is 0 Å². The van der Waals surface area contributed by atoms with Gasteiger partial charge in [-0.1, -0.05) is 42.5 Å². The normalized spacial score (nSPS) is 11.5. The van der Waals surface area contributed by atoms with Crippen molar-refractivity contribution in [2.45, 2.75) is 26.8 Å². The van der Waals surface area contributed by atoms with Gasteiger partial charge < -0.3 is 19.8 Å². The van der Waals surface area contributed by atoms with Crippen LogP contribution in [0, 0.1) is 13.8 Å². The molecule has 0 aliphatic rings. The van der Waals surface area contributed by atoms with Crippen LogP contribution in [0.2, 0.25) is 0 Å². The van der Waals surface area contributed by atoms with Gasteiger partial charge in [0.1, 0.15) is 17.1 Å². The molecule has 1 aromatic heterocycles. The predicted octanol–water partition coefficient (Wildman–Crippen LogP) is 4.18. The standard InChI is InChI=1S/C24H24N2O5/c1-15-13-20(17(3)31-15)24(29)30-14-22(27)26-21-12-8-7-11-19(21)23(28)25-16(2)18-9-5-4-6-10-18/h4-13,16H,14H2,1-3H3,(H,25,28)(H,26,27)/t16-/m0/s1. The molecule has 3 aromatic rings. The molecule has 7 nitrogen and oxygen atoms in total. The minimum Gasteiger partial charge on any atom is -0.466 e. The average molecular weight is 420 g/mol. The summed E-state index contributed by atoms with van der Waals surface area (Å²) in [5.41, 5.74) is 1.89. The van der Waals surface area contributed by atoms with Crippen molar-refractivity contribution in [1.82, 2.24) is 5.32 Å². The molecular weight excluding hydrogens is 396 g/mol. The Kier molecular flexibility index (Phi) is 6.87. The SMILES string of the molecule is Cc1cc(C(=O)OCC(=O)Nc2ccccc2C(=O)N[C@@H](C)c2ccccc2)c(C)o1. The molecule has 0 aliphatic carbocycles. The van der Waals surface area contributed by atoms with Crippen LogP contribution in [0.1, 0.15) is 50.8 Å². The largest absolute Gasteiger partial charge is 0.466 e. The maximum Gasteiger partial charge on any atom is 0.342 e. The number of aryl methyl sites for hydroxylation is 2. The highest BCUT2D eigenvalue weighted by Gasteiger charge is 2.18. The molecule has 0 saturated heterocycles. The molecule has 0 unspecified atom stereocenters. The summed E-state index contributed by atoms with van der Waals surface area (Å²) >= 11 is 0. The predicted molar refractivity (Wildman–Crippen MR) is 116 cm³/mol. The van der Waals surface area contributed by atoms with Gasteiger partial charge in [-0.3, -0.25) is 9.59 Å². The fourth-order valence-corrected chi connectivity index (χ4v) is 3.12. The van der Waals surface area contributed by atoms with E-state index in [0.29, 0.717) is 22.8 Å². The average Bonchev–Trinajstić information content (AvgIpc) is 3.11. The van der Waals surface area contributed by atoms with E-state index in [1.54, 1.807) is 44.2 Å². The summed E-state index contributed by atoms with van der Waals surface area (Å²) in [6.45, 7) is 4.76. The number of nitrogens with one attached hydrogen (secondary N) is 2. The summed E-state index contributed by atoms with van der Waals surface area (Å²) in [4.78, 5) is 37.2. The topological polar surface area (TPSA) is 97.6 Å². The Bertz CT molecular complexity index is 1090. The Hall–Kier alpha value is -3.87. The van der Waals surface area contributed by atoms with Crippen LogP contribution < -0.4 is 10.6 Å². The van der Waals surface area contributed by atoms with E-state index in [9.17, 15) is 14.4 Å². The number of carbonyl (C=O) groups excluding carboxylic acids is 3. The third-order valence-electron chi connectivity index (χ3n) is 4.69. The summed E-state index contributed by atoms with van der Waals surface area (Å²) < 4.78 is 10.4. The van der Waals surface area contributed by atoms with Crippen LogP contribution in [0.25, 0.3) is 0 Å². The van der Waals surface area contributed by atoms with E-state index in [1.165, 1.54) is 0 Å². The number of ether oxygens (including phenoxy) is 1. The van der Waals surface area contributed by atoms with Crippen LogP contribution in [0.15, 0.2) is 65.1 Å². The second-order valence-electron chi connectivity index (χ2n) is 7.10. The molecule has 2 aromatic carbocycles. The van der Waals surface area contributed by atoms with Crippen LogP contribution in [0.3, 0.4) is 0 Å². The number of rotatable bonds is 7. The van der Waals surface area contributed by atoms with Crippen molar-refractivity contribution in [1.29, 1.82) is 0 Å². The quantitative estimate of drug-likeness (QED) is 0.559.